The highest BCUT2D eigenvalue weighted by Gasteiger charge is 2.06. The van der Waals surface area contributed by atoms with Crippen molar-refractivity contribution in [2.75, 3.05) is 0 Å². The van der Waals surface area contributed by atoms with E-state index in [1.165, 1.54) is 11.8 Å². The van der Waals surface area contributed by atoms with Crippen LogP contribution in [0.25, 0.3) is 0 Å². The average Bonchev–Trinajstić information content (AvgIpc) is 2.46. The van der Waals surface area contributed by atoms with Crippen molar-refractivity contribution >= 4 is 29.2 Å². The van der Waals surface area contributed by atoms with Gasteiger partial charge in [0.2, 0.25) is 0 Å². The fourth-order valence-electron chi connectivity index (χ4n) is 1.36. The van der Waals surface area contributed by atoms with E-state index in [-0.39, 0.29) is 5.84 Å². The molecule has 0 amide bonds. The van der Waals surface area contributed by atoms with E-state index in [1.807, 2.05) is 24.3 Å². The molecule has 19 heavy (non-hydrogen) atoms. The lowest BCUT2D eigenvalue weighted by Gasteiger charge is -2.04. The highest BCUT2D eigenvalue weighted by Crippen LogP contribution is 2.24. The van der Waals surface area contributed by atoms with E-state index < -0.39 is 0 Å². The largest absolute Gasteiger partial charge is 0.409 e. The molecule has 5 nitrogen and oxygen atoms in total. The van der Waals surface area contributed by atoms with E-state index in [2.05, 4.69) is 15.1 Å². The van der Waals surface area contributed by atoms with Gasteiger partial charge >= 0.3 is 0 Å². The Kier molecular flexibility index (Phi) is 4.59. The lowest BCUT2D eigenvalue weighted by atomic mass is 10.2. The molecule has 0 aliphatic heterocycles. The van der Waals surface area contributed by atoms with Crippen LogP contribution in [-0.2, 0) is 5.75 Å². The number of nitrogens with zero attached hydrogens (tertiary/aromatic N) is 3. The fraction of sp³-hybridized carbons (Fsp3) is 0.0833. The van der Waals surface area contributed by atoms with Crippen LogP contribution in [0, 0.1) is 0 Å². The molecule has 2 aromatic rings. The van der Waals surface area contributed by atoms with Gasteiger partial charge in [0.15, 0.2) is 11.0 Å². The molecule has 0 spiro atoms. The summed E-state index contributed by atoms with van der Waals surface area (Å²) in [7, 11) is 0. The van der Waals surface area contributed by atoms with Crippen LogP contribution in [0.3, 0.4) is 0 Å². The predicted molar refractivity (Wildman–Crippen MR) is 75.6 cm³/mol. The van der Waals surface area contributed by atoms with Gasteiger partial charge in [0.1, 0.15) is 5.69 Å². The number of amidine groups is 1. The maximum absolute atomic E-state index is 8.60. The van der Waals surface area contributed by atoms with Crippen LogP contribution in [0.1, 0.15) is 11.3 Å². The first kappa shape index (κ1) is 13.6. The number of hydrogen-bond acceptors (Lipinski definition) is 5. The van der Waals surface area contributed by atoms with Crippen molar-refractivity contribution in [1.82, 2.24) is 9.97 Å². The minimum Gasteiger partial charge on any atom is -0.409 e. The topological polar surface area (TPSA) is 84.4 Å². The Labute approximate surface area is 119 Å². The summed E-state index contributed by atoms with van der Waals surface area (Å²) >= 11 is 7.50. The van der Waals surface area contributed by atoms with E-state index in [0.717, 1.165) is 5.56 Å². The van der Waals surface area contributed by atoms with Gasteiger partial charge in [-0.15, -0.1) is 0 Å². The van der Waals surface area contributed by atoms with Crippen LogP contribution in [0.2, 0.25) is 5.02 Å². The zero-order chi connectivity index (χ0) is 13.7. The van der Waals surface area contributed by atoms with Crippen molar-refractivity contribution in [2.24, 2.45) is 10.9 Å². The Bertz CT molecular complexity index is 606. The van der Waals surface area contributed by atoms with Crippen LogP contribution in [0.4, 0.5) is 0 Å². The van der Waals surface area contributed by atoms with E-state index in [9.17, 15) is 0 Å². The van der Waals surface area contributed by atoms with Crippen LogP contribution < -0.4 is 5.73 Å². The van der Waals surface area contributed by atoms with Crippen molar-refractivity contribution in [2.45, 2.75) is 10.9 Å². The molecule has 1 aromatic carbocycles. The first-order chi connectivity index (χ1) is 9.20. The number of benzene rings is 1. The van der Waals surface area contributed by atoms with Crippen LogP contribution in [0.15, 0.2) is 46.8 Å². The first-order valence-corrected chi connectivity index (χ1v) is 6.74. The summed E-state index contributed by atoms with van der Waals surface area (Å²) < 4.78 is 0. The smallest absolute Gasteiger partial charge is 0.188 e. The van der Waals surface area contributed by atoms with Gasteiger partial charge in [-0.05, 0) is 17.7 Å². The lowest BCUT2D eigenvalue weighted by molar-refractivity contribution is 0.318. The number of halogens is 1. The van der Waals surface area contributed by atoms with Gasteiger partial charge in [-0.25, -0.2) is 9.97 Å². The molecule has 3 N–H and O–H groups in total. The van der Waals surface area contributed by atoms with Crippen molar-refractivity contribution < 1.29 is 5.21 Å². The summed E-state index contributed by atoms with van der Waals surface area (Å²) in [6, 6.07) is 9.17. The Hall–Kier alpha value is -1.79. The third-order valence-electron chi connectivity index (χ3n) is 2.32. The molecule has 0 bridgehead atoms. The molecule has 0 saturated carbocycles. The maximum Gasteiger partial charge on any atom is 0.188 e. The number of nitrogens with two attached hydrogens (primary N) is 1. The number of oxime groups is 1. The van der Waals surface area contributed by atoms with Gasteiger partial charge in [-0.1, -0.05) is 46.7 Å². The average molecular weight is 295 g/mol. The zero-order valence-electron chi connectivity index (χ0n) is 9.82. The fourth-order valence-corrected chi connectivity index (χ4v) is 2.48. The molecule has 98 valence electrons. The molecule has 1 aromatic heterocycles. The Morgan fingerprint density at radius 3 is 2.89 bits per heavy atom. The number of hydrogen-bond donors (Lipinski definition) is 2. The van der Waals surface area contributed by atoms with Crippen LogP contribution >= 0.6 is 23.4 Å². The molecule has 0 atom stereocenters. The number of rotatable bonds is 4. The van der Waals surface area contributed by atoms with Gasteiger partial charge in [0.05, 0.1) is 0 Å². The van der Waals surface area contributed by atoms with Gasteiger partial charge in [0.25, 0.3) is 0 Å². The molecule has 0 unspecified atom stereocenters. The van der Waals surface area contributed by atoms with Crippen LogP contribution in [-0.4, -0.2) is 21.0 Å². The SMILES string of the molecule is N/C(=N/O)c1ccnc(SCc2ccccc2Cl)n1. The van der Waals surface area contributed by atoms with Gasteiger partial charge < -0.3 is 10.9 Å². The Morgan fingerprint density at radius 2 is 2.16 bits per heavy atom. The molecule has 0 aliphatic rings. The minimum atomic E-state index is -0.0398. The summed E-state index contributed by atoms with van der Waals surface area (Å²) in [6.07, 6.45) is 1.56. The lowest BCUT2D eigenvalue weighted by Crippen LogP contribution is -2.15. The third kappa shape index (κ3) is 3.59. The molecular weight excluding hydrogens is 284 g/mol. The van der Waals surface area contributed by atoms with Crippen molar-refractivity contribution in [3.8, 4) is 0 Å². The standard InChI is InChI=1S/C12H11ClN4OS/c13-9-4-2-1-3-8(9)7-19-12-15-6-5-10(16-12)11(14)17-18/h1-6,18H,7H2,(H2,14,17). The van der Waals surface area contributed by atoms with Crippen molar-refractivity contribution in [1.29, 1.82) is 0 Å². The third-order valence-corrected chi connectivity index (χ3v) is 3.60. The van der Waals surface area contributed by atoms with E-state index in [1.54, 1.807) is 12.3 Å². The molecular formula is C12H11ClN4OS. The highest BCUT2D eigenvalue weighted by atomic mass is 35.5. The van der Waals surface area contributed by atoms with E-state index in [4.69, 9.17) is 22.5 Å². The first-order valence-electron chi connectivity index (χ1n) is 5.38. The van der Waals surface area contributed by atoms with E-state index in [0.29, 0.717) is 21.6 Å². The summed E-state index contributed by atoms with van der Waals surface area (Å²) in [5, 5.41) is 12.8. The van der Waals surface area contributed by atoms with Crippen molar-refractivity contribution in [3.63, 3.8) is 0 Å². The second-order valence-electron chi connectivity index (χ2n) is 3.59. The van der Waals surface area contributed by atoms with Crippen LogP contribution in [0.5, 0.6) is 0 Å². The monoisotopic (exact) mass is 294 g/mol. The molecule has 0 aliphatic carbocycles. The zero-order valence-corrected chi connectivity index (χ0v) is 11.4. The normalized spacial score (nSPS) is 11.5. The predicted octanol–water partition coefficient (Wildman–Crippen LogP) is 2.52. The maximum atomic E-state index is 8.60. The highest BCUT2D eigenvalue weighted by molar-refractivity contribution is 7.98. The number of aromatic nitrogens is 2. The molecule has 0 radical (unpaired) electrons. The minimum absolute atomic E-state index is 0.0398. The Morgan fingerprint density at radius 1 is 1.37 bits per heavy atom. The van der Waals surface area contributed by atoms with Gasteiger partial charge in [-0.2, -0.15) is 0 Å². The molecule has 0 fully saturated rings. The Balaban J connectivity index is 2.10. The quantitative estimate of drug-likeness (QED) is 0.226. The molecule has 2 rings (SSSR count). The second-order valence-corrected chi connectivity index (χ2v) is 4.94. The van der Waals surface area contributed by atoms with E-state index >= 15 is 0 Å². The van der Waals surface area contributed by atoms with Gasteiger partial charge in [0, 0.05) is 17.0 Å². The molecule has 1 heterocycles. The summed E-state index contributed by atoms with van der Waals surface area (Å²) in [5.41, 5.74) is 6.87. The molecule has 7 heteroatoms. The summed E-state index contributed by atoms with van der Waals surface area (Å²) in [4.78, 5) is 8.30. The van der Waals surface area contributed by atoms with Crippen molar-refractivity contribution in [3.05, 3.63) is 52.8 Å². The summed E-state index contributed by atoms with van der Waals surface area (Å²) in [5.74, 6) is 0.612. The van der Waals surface area contributed by atoms with Gasteiger partial charge in [-0.3, -0.25) is 0 Å². The number of thioether (sulfide) groups is 1. The summed E-state index contributed by atoms with van der Waals surface area (Å²) in [6.45, 7) is 0. The second kappa shape index (κ2) is 6.40. The molecule has 0 saturated heterocycles.